The number of aromatic nitrogens is 3. The van der Waals surface area contributed by atoms with E-state index in [-0.39, 0.29) is 17.7 Å². The fraction of sp³-hybridized carbons (Fsp3) is 0.158. The van der Waals surface area contributed by atoms with E-state index in [1.807, 2.05) is 0 Å². The Morgan fingerprint density at radius 3 is 2.31 bits per heavy atom. The first-order valence-corrected chi connectivity index (χ1v) is 8.24. The maximum atomic E-state index is 12.6. The van der Waals surface area contributed by atoms with Gasteiger partial charge < -0.3 is 9.47 Å². The highest BCUT2D eigenvalue weighted by molar-refractivity contribution is 6.04. The molecule has 29 heavy (non-hydrogen) atoms. The monoisotopic (exact) mass is 404 g/mol. The van der Waals surface area contributed by atoms with Gasteiger partial charge in [-0.15, -0.1) is 0 Å². The highest BCUT2D eigenvalue weighted by atomic mass is 19.4. The summed E-state index contributed by atoms with van der Waals surface area (Å²) in [4.78, 5) is 25.6. The van der Waals surface area contributed by atoms with E-state index in [9.17, 15) is 18.0 Å². The van der Waals surface area contributed by atoms with Crippen LogP contribution in [0.2, 0.25) is 0 Å². The van der Waals surface area contributed by atoms with Crippen molar-refractivity contribution in [3.8, 4) is 17.5 Å². The van der Waals surface area contributed by atoms with Crippen molar-refractivity contribution in [1.29, 1.82) is 0 Å². The fourth-order valence-electron chi connectivity index (χ4n) is 2.29. The number of amides is 1. The van der Waals surface area contributed by atoms with Gasteiger partial charge >= 0.3 is 6.18 Å². The van der Waals surface area contributed by atoms with Crippen molar-refractivity contribution in [3.05, 3.63) is 66.0 Å². The summed E-state index contributed by atoms with van der Waals surface area (Å²) >= 11 is 0. The minimum absolute atomic E-state index is 0.000949. The van der Waals surface area contributed by atoms with Crippen LogP contribution in [0.25, 0.3) is 0 Å². The van der Waals surface area contributed by atoms with Gasteiger partial charge in [-0.05, 0) is 30.3 Å². The third-order valence-electron chi connectivity index (χ3n) is 3.82. The van der Waals surface area contributed by atoms with Gasteiger partial charge in [-0.3, -0.25) is 9.69 Å². The lowest BCUT2D eigenvalue weighted by atomic mass is 10.2. The molecule has 0 aliphatic rings. The lowest BCUT2D eigenvalue weighted by Gasteiger charge is -2.15. The van der Waals surface area contributed by atoms with Crippen molar-refractivity contribution >= 4 is 11.9 Å². The molecule has 0 aliphatic carbocycles. The van der Waals surface area contributed by atoms with E-state index in [1.165, 1.54) is 49.5 Å². The number of hydrogen-bond acceptors (Lipinski definition) is 6. The van der Waals surface area contributed by atoms with Gasteiger partial charge in [-0.1, -0.05) is 0 Å². The molecule has 0 aliphatic heterocycles. The van der Waals surface area contributed by atoms with E-state index >= 15 is 0 Å². The molecule has 0 N–H and O–H groups in total. The zero-order valence-corrected chi connectivity index (χ0v) is 15.3. The standard InChI is InChI=1S/C19H15F3N4O3/c1-26(18-23-10-9-16(25-18)28-2)17(27)12-3-6-14(7-4-12)29-15-8-5-13(11-24-15)19(20,21)22/h3-11H,1-2H3. The number of pyridine rings is 1. The first kappa shape index (κ1) is 20.1. The number of rotatable bonds is 5. The molecule has 0 atom stereocenters. The summed E-state index contributed by atoms with van der Waals surface area (Å²) in [5.41, 5.74) is -0.528. The molecule has 10 heteroatoms. The van der Waals surface area contributed by atoms with Gasteiger partial charge in [0.25, 0.3) is 5.91 Å². The third kappa shape index (κ3) is 4.78. The Balaban J connectivity index is 1.70. The first-order valence-electron chi connectivity index (χ1n) is 8.24. The second-order valence-electron chi connectivity index (χ2n) is 5.77. The second-order valence-corrected chi connectivity index (χ2v) is 5.77. The summed E-state index contributed by atoms with van der Waals surface area (Å²) in [7, 11) is 2.98. The summed E-state index contributed by atoms with van der Waals surface area (Å²) in [5, 5.41) is 0. The summed E-state index contributed by atoms with van der Waals surface area (Å²) in [6, 6.07) is 9.60. The number of anilines is 1. The van der Waals surface area contributed by atoms with Gasteiger partial charge in [0.05, 0.1) is 12.7 Å². The van der Waals surface area contributed by atoms with E-state index in [2.05, 4.69) is 15.0 Å². The summed E-state index contributed by atoms with van der Waals surface area (Å²) in [5.74, 6) is 0.441. The molecule has 150 valence electrons. The molecule has 0 fully saturated rings. The Morgan fingerprint density at radius 2 is 1.72 bits per heavy atom. The number of benzene rings is 1. The van der Waals surface area contributed by atoms with Crippen LogP contribution >= 0.6 is 0 Å². The highest BCUT2D eigenvalue weighted by Crippen LogP contribution is 2.30. The lowest BCUT2D eigenvalue weighted by molar-refractivity contribution is -0.137. The minimum Gasteiger partial charge on any atom is -0.481 e. The molecule has 1 amide bonds. The van der Waals surface area contributed by atoms with Crippen LogP contribution < -0.4 is 14.4 Å². The number of halogens is 3. The van der Waals surface area contributed by atoms with Gasteiger partial charge in [0, 0.05) is 37.1 Å². The maximum absolute atomic E-state index is 12.6. The van der Waals surface area contributed by atoms with Crippen LogP contribution in [0.1, 0.15) is 15.9 Å². The predicted octanol–water partition coefficient (Wildman–Crippen LogP) is 3.97. The number of alkyl halides is 3. The van der Waals surface area contributed by atoms with E-state index in [1.54, 1.807) is 6.07 Å². The Labute approximate surface area is 163 Å². The largest absolute Gasteiger partial charge is 0.481 e. The predicted molar refractivity (Wildman–Crippen MR) is 97.1 cm³/mol. The van der Waals surface area contributed by atoms with Crippen LogP contribution in [0.3, 0.4) is 0 Å². The average molecular weight is 404 g/mol. The molecule has 0 saturated carbocycles. The summed E-state index contributed by atoms with van der Waals surface area (Å²) in [6.07, 6.45) is -2.30. The van der Waals surface area contributed by atoms with Gasteiger partial charge in [-0.2, -0.15) is 18.2 Å². The first-order chi connectivity index (χ1) is 13.8. The van der Waals surface area contributed by atoms with Crippen molar-refractivity contribution in [2.24, 2.45) is 0 Å². The molecular formula is C19H15F3N4O3. The molecule has 0 saturated heterocycles. The quantitative estimate of drug-likeness (QED) is 0.641. The molecule has 2 heterocycles. The van der Waals surface area contributed by atoms with Gasteiger partial charge in [0.15, 0.2) is 0 Å². The number of carbonyl (C=O) groups is 1. The minimum atomic E-state index is -4.47. The number of ether oxygens (including phenoxy) is 2. The van der Waals surface area contributed by atoms with Crippen molar-refractivity contribution in [3.63, 3.8) is 0 Å². The summed E-state index contributed by atoms with van der Waals surface area (Å²) in [6.45, 7) is 0. The van der Waals surface area contributed by atoms with Crippen LogP contribution in [-0.4, -0.2) is 35.0 Å². The van der Waals surface area contributed by atoms with Gasteiger partial charge in [-0.25, -0.2) is 9.97 Å². The molecule has 0 unspecified atom stereocenters. The van der Waals surface area contributed by atoms with Crippen molar-refractivity contribution < 1.29 is 27.4 Å². The van der Waals surface area contributed by atoms with Crippen molar-refractivity contribution in [1.82, 2.24) is 15.0 Å². The Kier molecular flexibility index (Phi) is 5.62. The maximum Gasteiger partial charge on any atom is 0.417 e. The lowest BCUT2D eigenvalue weighted by Crippen LogP contribution is -2.28. The van der Waals surface area contributed by atoms with Crippen LogP contribution in [0.4, 0.5) is 19.1 Å². The molecule has 0 bridgehead atoms. The molecule has 1 aromatic carbocycles. The Bertz CT molecular complexity index is 993. The van der Waals surface area contributed by atoms with Crippen LogP contribution in [0, 0.1) is 0 Å². The Morgan fingerprint density at radius 1 is 1.00 bits per heavy atom. The van der Waals surface area contributed by atoms with Crippen molar-refractivity contribution in [2.45, 2.75) is 6.18 Å². The zero-order valence-electron chi connectivity index (χ0n) is 15.3. The number of nitrogens with zero attached hydrogens (tertiary/aromatic N) is 4. The third-order valence-corrected chi connectivity index (χ3v) is 3.82. The molecule has 3 aromatic rings. The van der Waals surface area contributed by atoms with E-state index in [4.69, 9.17) is 9.47 Å². The van der Waals surface area contributed by atoms with Crippen LogP contribution in [-0.2, 0) is 6.18 Å². The highest BCUT2D eigenvalue weighted by Gasteiger charge is 2.30. The van der Waals surface area contributed by atoms with Gasteiger partial charge in [0.1, 0.15) is 5.75 Å². The fourth-order valence-corrected chi connectivity index (χ4v) is 2.29. The molecule has 7 nitrogen and oxygen atoms in total. The zero-order chi connectivity index (χ0) is 21.0. The number of carbonyl (C=O) groups excluding carboxylic acids is 1. The van der Waals surface area contributed by atoms with E-state index < -0.39 is 11.7 Å². The van der Waals surface area contributed by atoms with Crippen LogP contribution in [0.5, 0.6) is 17.5 Å². The number of hydrogen-bond donors (Lipinski definition) is 0. The van der Waals surface area contributed by atoms with Crippen LogP contribution in [0.15, 0.2) is 54.9 Å². The molecular weight excluding hydrogens is 389 g/mol. The SMILES string of the molecule is COc1ccnc(N(C)C(=O)c2ccc(Oc3ccc(C(F)(F)F)cn3)cc2)n1. The molecule has 3 rings (SSSR count). The topological polar surface area (TPSA) is 77.4 Å². The number of methoxy groups -OCH3 is 1. The smallest absolute Gasteiger partial charge is 0.417 e. The molecule has 0 radical (unpaired) electrons. The Hall–Kier alpha value is -3.69. The van der Waals surface area contributed by atoms with Gasteiger partial charge in [0.2, 0.25) is 17.7 Å². The average Bonchev–Trinajstić information content (AvgIpc) is 2.73. The van der Waals surface area contributed by atoms with E-state index in [0.29, 0.717) is 23.4 Å². The molecule has 0 spiro atoms. The van der Waals surface area contributed by atoms with Crippen molar-refractivity contribution in [2.75, 3.05) is 19.1 Å². The molecule has 2 aromatic heterocycles. The second kappa shape index (κ2) is 8.13. The van der Waals surface area contributed by atoms with E-state index in [0.717, 1.165) is 12.1 Å². The normalized spacial score (nSPS) is 11.1. The summed E-state index contributed by atoms with van der Waals surface area (Å²) < 4.78 is 48.1.